The SMILES string of the molecule is CCC(C(=O)OC(=O)C(F)(F)F)C(C)(C)C. The third-order valence-electron chi connectivity index (χ3n) is 2.16. The van der Waals surface area contributed by atoms with Crippen LogP contribution in [-0.2, 0) is 14.3 Å². The molecule has 0 heterocycles. The van der Waals surface area contributed by atoms with Crippen molar-refractivity contribution in [3.05, 3.63) is 0 Å². The topological polar surface area (TPSA) is 43.4 Å². The van der Waals surface area contributed by atoms with Gasteiger partial charge in [-0.2, -0.15) is 13.2 Å². The first-order chi connectivity index (χ1) is 7.00. The van der Waals surface area contributed by atoms with E-state index in [2.05, 4.69) is 4.74 Å². The predicted molar refractivity (Wildman–Crippen MR) is 50.4 cm³/mol. The number of halogens is 3. The van der Waals surface area contributed by atoms with Crippen LogP contribution in [0, 0.1) is 11.3 Å². The summed E-state index contributed by atoms with van der Waals surface area (Å²) in [5, 5.41) is 0. The van der Waals surface area contributed by atoms with Crippen LogP contribution in [0.2, 0.25) is 0 Å². The lowest BCUT2D eigenvalue weighted by Gasteiger charge is -2.27. The molecule has 6 heteroatoms. The summed E-state index contributed by atoms with van der Waals surface area (Å²) in [5.41, 5.74) is -0.544. The zero-order chi connectivity index (χ0) is 13.1. The summed E-state index contributed by atoms with van der Waals surface area (Å²) in [7, 11) is 0. The van der Waals surface area contributed by atoms with E-state index in [0.717, 1.165) is 0 Å². The fourth-order valence-corrected chi connectivity index (χ4v) is 1.35. The highest BCUT2D eigenvalue weighted by atomic mass is 19.4. The first-order valence-electron chi connectivity index (χ1n) is 4.83. The van der Waals surface area contributed by atoms with Gasteiger partial charge in [-0.05, 0) is 11.8 Å². The number of hydrogen-bond donors (Lipinski definition) is 0. The van der Waals surface area contributed by atoms with Gasteiger partial charge in [-0.3, -0.25) is 4.79 Å². The third kappa shape index (κ3) is 4.20. The van der Waals surface area contributed by atoms with Gasteiger partial charge in [0.2, 0.25) is 0 Å². The Hall–Kier alpha value is -1.07. The zero-order valence-corrected chi connectivity index (χ0v) is 9.64. The lowest BCUT2D eigenvalue weighted by atomic mass is 9.79. The molecule has 0 saturated carbocycles. The average Bonchev–Trinajstić information content (AvgIpc) is 2.00. The van der Waals surface area contributed by atoms with Crippen LogP contribution in [0.25, 0.3) is 0 Å². The minimum Gasteiger partial charge on any atom is -0.386 e. The maximum Gasteiger partial charge on any atom is 0.491 e. The summed E-state index contributed by atoms with van der Waals surface area (Å²) < 4.78 is 39.3. The van der Waals surface area contributed by atoms with Crippen molar-refractivity contribution in [2.24, 2.45) is 11.3 Å². The quantitative estimate of drug-likeness (QED) is 0.550. The molecule has 3 nitrogen and oxygen atoms in total. The van der Waals surface area contributed by atoms with Crippen molar-refractivity contribution in [1.82, 2.24) is 0 Å². The number of esters is 2. The molecule has 0 rings (SSSR count). The summed E-state index contributed by atoms with van der Waals surface area (Å²) >= 11 is 0. The molecule has 0 aliphatic heterocycles. The van der Waals surface area contributed by atoms with E-state index < -0.39 is 29.4 Å². The molecule has 0 fully saturated rings. The third-order valence-corrected chi connectivity index (χ3v) is 2.16. The lowest BCUT2D eigenvalue weighted by Crippen LogP contribution is -2.35. The molecule has 0 bridgehead atoms. The highest BCUT2D eigenvalue weighted by Crippen LogP contribution is 2.30. The highest BCUT2D eigenvalue weighted by molar-refractivity contribution is 5.89. The van der Waals surface area contributed by atoms with Gasteiger partial charge in [0.25, 0.3) is 0 Å². The minimum atomic E-state index is -5.13. The van der Waals surface area contributed by atoms with Crippen molar-refractivity contribution >= 4 is 11.9 Å². The van der Waals surface area contributed by atoms with E-state index in [0.29, 0.717) is 6.42 Å². The second-order valence-corrected chi connectivity index (χ2v) is 4.53. The molecule has 94 valence electrons. The van der Waals surface area contributed by atoms with E-state index in [1.807, 2.05) is 0 Å². The first kappa shape index (κ1) is 14.9. The average molecular weight is 240 g/mol. The van der Waals surface area contributed by atoms with Gasteiger partial charge >= 0.3 is 18.1 Å². The number of ether oxygens (including phenoxy) is 1. The Kier molecular flexibility index (Phi) is 4.52. The van der Waals surface area contributed by atoms with Gasteiger partial charge in [0.05, 0.1) is 5.92 Å². The molecule has 0 saturated heterocycles. The molecular formula is C10H15F3O3. The monoisotopic (exact) mass is 240 g/mol. The molecule has 0 amide bonds. The van der Waals surface area contributed by atoms with Crippen LogP contribution in [0.3, 0.4) is 0 Å². The fraction of sp³-hybridized carbons (Fsp3) is 0.800. The fourth-order valence-electron chi connectivity index (χ4n) is 1.35. The van der Waals surface area contributed by atoms with Gasteiger partial charge in [-0.25, -0.2) is 4.79 Å². The van der Waals surface area contributed by atoms with E-state index in [-0.39, 0.29) is 0 Å². The van der Waals surface area contributed by atoms with Gasteiger partial charge in [0, 0.05) is 0 Å². The number of alkyl halides is 3. The van der Waals surface area contributed by atoms with Gasteiger partial charge in [-0.1, -0.05) is 27.7 Å². The summed E-state index contributed by atoms with van der Waals surface area (Å²) in [5.74, 6) is -4.32. The van der Waals surface area contributed by atoms with Crippen molar-refractivity contribution in [3.63, 3.8) is 0 Å². The summed E-state index contributed by atoms with van der Waals surface area (Å²) in [6.07, 6.45) is -4.82. The number of carbonyl (C=O) groups excluding carboxylic acids is 2. The standard InChI is InChI=1S/C10H15F3O3/c1-5-6(9(2,3)4)7(14)16-8(15)10(11,12)13/h6H,5H2,1-4H3. The molecule has 0 N–H and O–H groups in total. The Morgan fingerprint density at radius 2 is 1.62 bits per heavy atom. The minimum absolute atomic E-state index is 0.313. The van der Waals surface area contributed by atoms with E-state index in [9.17, 15) is 22.8 Å². The Balaban J connectivity index is 4.64. The van der Waals surface area contributed by atoms with Gasteiger partial charge < -0.3 is 4.74 Å². The Bertz CT molecular complexity index is 276. The van der Waals surface area contributed by atoms with Gasteiger partial charge in [0.15, 0.2) is 0 Å². The van der Waals surface area contributed by atoms with Crippen molar-refractivity contribution in [2.45, 2.75) is 40.3 Å². The number of carbonyl (C=O) groups is 2. The van der Waals surface area contributed by atoms with E-state index >= 15 is 0 Å². The summed E-state index contributed by atoms with van der Waals surface area (Å²) in [6, 6.07) is 0. The van der Waals surface area contributed by atoms with Crippen molar-refractivity contribution in [3.8, 4) is 0 Å². The van der Waals surface area contributed by atoms with Crippen LogP contribution in [0.1, 0.15) is 34.1 Å². The van der Waals surface area contributed by atoms with Gasteiger partial charge in [-0.15, -0.1) is 0 Å². The van der Waals surface area contributed by atoms with Gasteiger partial charge in [0.1, 0.15) is 0 Å². The largest absolute Gasteiger partial charge is 0.491 e. The Morgan fingerprint density at radius 1 is 1.19 bits per heavy atom. The molecule has 0 spiro atoms. The molecule has 0 aliphatic carbocycles. The van der Waals surface area contributed by atoms with Crippen LogP contribution in [-0.4, -0.2) is 18.1 Å². The molecule has 1 atom stereocenters. The van der Waals surface area contributed by atoms with E-state index in [1.54, 1.807) is 27.7 Å². The molecule has 0 aromatic heterocycles. The van der Waals surface area contributed by atoms with Crippen LogP contribution in [0.4, 0.5) is 13.2 Å². The first-order valence-corrected chi connectivity index (χ1v) is 4.83. The highest BCUT2D eigenvalue weighted by Gasteiger charge is 2.44. The van der Waals surface area contributed by atoms with Crippen LogP contribution >= 0.6 is 0 Å². The summed E-state index contributed by atoms with van der Waals surface area (Å²) in [6.45, 7) is 6.73. The molecule has 0 aliphatic rings. The van der Waals surface area contributed by atoms with E-state index in [1.165, 1.54) is 0 Å². The molecule has 0 aromatic rings. The smallest absolute Gasteiger partial charge is 0.386 e. The molecule has 1 unspecified atom stereocenters. The second kappa shape index (κ2) is 4.84. The second-order valence-electron chi connectivity index (χ2n) is 4.53. The lowest BCUT2D eigenvalue weighted by molar-refractivity contribution is -0.204. The normalized spacial score (nSPS) is 14.4. The van der Waals surface area contributed by atoms with Crippen LogP contribution in [0.5, 0.6) is 0 Å². The zero-order valence-electron chi connectivity index (χ0n) is 9.64. The predicted octanol–water partition coefficient (Wildman–Crippen LogP) is 2.69. The summed E-state index contributed by atoms with van der Waals surface area (Å²) in [4.78, 5) is 21.8. The molecule has 0 radical (unpaired) electrons. The van der Waals surface area contributed by atoms with Crippen molar-refractivity contribution in [1.29, 1.82) is 0 Å². The van der Waals surface area contributed by atoms with Crippen LogP contribution in [0.15, 0.2) is 0 Å². The van der Waals surface area contributed by atoms with Crippen molar-refractivity contribution in [2.75, 3.05) is 0 Å². The number of hydrogen-bond acceptors (Lipinski definition) is 3. The molecule has 16 heavy (non-hydrogen) atoms. The van der Waals surface area contributed by atoms with Crippen molar-refractivity contribution < 1.29 is 27.5 Å². The molecular weight excluding hydrogens is 225 g/mol. The Morgan fingerprint density at radius 3 is 1.88 bits per heavy atom. The maximum absolute atomic E-state index is 11.8. The number of rotatable bonds is 2. The maximum atomic E-state index is 11.8. The van der Waals surface area contributed by atoms with E-state index in [4.69, 9.17) is 0 Å². The molecule has 0 aromatic carbocycles. The Labute approximate surface area is 92.0 Å². The van der Waals surface area contributed by atoms with Crippen LogP contribution < -0.4 is 0 Å².